The Morgan fingerprint density at radius 1 is 0.946 bits per heavy atom. The summed E-state index contributed by atoms with van der Waals surface area (Å²) in [6.07, 6.45) is 3.98. The van der Waals surface area contributed by atoms with E-state index in [1.807, 2.05) is 6.07 Å². The van der Waals surface area contributed by atoms with E-state index in [1.165, 1.54) is 34.0 Å². The van der Waals surface area contributed by atoms with Crippen molar-refractivity contribution in [3.05, 3.63) is 117 Å². The fourth-order valence-electron chi connectivity index (χ4n) is 3.83. The zero-order chi connectivity index (χ0) is 26.8. The molecule has 0 bridgehead atoms. The first-order chi connectivity index (χ1) is 17.9. The highest BCUT2D eigenvalue weighted by molar-refractivity contribution is 6.32. The van der Waals surface area contributed by atoms with Crippen molar-refractivity contribution >= 4 is 17.9 Å². The first-order valence-corrected chi connectivity index (χ1v) is 12.1. The molecule has 0 saturated carbocycles. The molecule has 0 N–H and O–H groups in total. The molecule has 4 rings (SSSR count). The van der Waals surface area contributed by atoms with Gasteiger partial charge in [0.25, 0.3) is 0 Å². The number of nitrogens with zero attached hydrogens (tertiary/aromatic N) is 2. The van der Waals surface area contributed by atoms with Gasteiger partial charge in [-0.3, -0.25) is 9.78 Å². The van der Waals surface area contributed by atoms with Crippen LogP contribution in [0.1, 0.15) is 43.7 Å². The van der Waals surface area contributed by atoms with Crippen LogP contribution in [-0.4, -0.2) is 18.4 Å². The van der Waals surface area contributed by atoms with E-state index >= 15 is 0 Å². The van der Waals surface area contributed by atoms with Crippen molar-refractivity contribution in [3.8, 4) is 22.9 Å². The van der Waals surface area contributed by atoms with E-state index in [0.29, 0.717) is 35.1 Å². The number of ether oxygens (including phenoxy) is 2. The number of aryl methyl sites for hydroxylation is 1. The van der Waals surface area contributed by atoms with Crippen LogP contribution in [0.4, 0.5) is 0 Å². The van der Waals surface area contributed by atoms with Crippen LogP contribution in [-0.2, 0) is 18.0 Å². The average Bonchev–Trinajstić information content (AvgIpc) is 2.91. The molecule has 0 radical (unpaired) electrons. The van der Waals surface area contributed by atoms with Crippen molar-refractivity contribution < 1.29 is 14.3 Å². The zero-order valence-electron chi connectivity index (χ0n) is 21.4. The van der Waals surface area contributed by atoms with Crippen LogP contribution >= 0.6 is 11.6 Å². The van der Waals surface area contributed by atoms with Crippen LogP contribution in [0.5, 0.6) is 5.75 Å². The van der Waals surface area contributed by atoms with E-state index in [9.17, 15) is 4.79 Å². The average molecular weight is 513 g/mol. The second-order valence-electron chi connectivity index (χ2n) is 8.56. The number of aromatic nitrogens is 1. The first-order valence-electron chi connectivity index (χ1n) is 11.7. The largest absolute Gasteiger partial charge is 0.487 e. The van der Waals surface area contributed by atoms with Gasteiger partial charge < -0.3 is 9.47 Å². The van der Waals surface area contributed by atoms with Gasteiger partial charge in [0.2, 0.25) is 0 Å². The van der Waals surface area contributed by atoms with Crippen molar-refractivity contribution in [1.82, 2.24) is 4.98 Å². The fraction of sp³-hybridized carbons (Fsp3) is 0.194. The molecule has 3 aromatic carbocycles. The highest BCUT2D eigenvalue weighted by atomic mass is 35.5. The number of halogens is 1. The van der Waals surface area contributed by atoms with Crippen LogP contribution in [0.3, 0.4) is 0 Å². The number of carbonyl (C=O) groups excluding carboxylic acids is 1. The van der Waals surface area contributed by atoms with Crippen LogP contribution < -0.4 is 4.74 Å². The summed E-state index contributed by atoms with van der Waals surface area (Å²) in [5, 5.41) is 8.94. The quantitative estimate of drug-likeness (QED) is 0.241. The summed E-state index contributed by atoms with van der Waals surface area (Å²) >= 11 is 6.20. The minimum atomic E-state index is 0.421. The number of carbonyl (C=O) groups is 1. The lowest BCUT2D eigenvalue weighted by atomic mass is 9.92. The molecular weight excluding hydrogens is 484 g/mol. The maximum Gasteiger partial charge on any atom is 0.150 e. The van der Waals surface area contributed by atoms with Crippen molar-refractivity contribution in [1.29, 1.82) is 5.26 Å². The molecule has 0 aliphatic heterocycles. The minimum absolute atomic E-state index is 0.421. The second kappa shape index (κ2) is 13.4. The molecule has 1 heterocycles. The number of hydrogen-bond acceptors (Lipinski definition) is 5. The lowest BCUT2D eigenvalue weighted by Crippen LogP contribution is -2.00. The Hall–Kier alpha value is -3.98. The van der Waals surface area contributed by atoms with Gasteiger partial charge in [-0.1, -0.05) is 48.0 Å². The third kappa shape index (κ3) is 7.27. The maximum atomic E-state index is 10.8. The zero-order valence-corrected chi connectivity index (χ0v) is 22.2. The lowest BCUT2D eigenvalue weighted by molar-refractivity contribution is 0.112. The molecule has 6 heteroatoms. The van der Waals surface area contributed by atoms with Crippen molar-refractivity contribution in [2.75, 3.05) is 7.11 Å². The predicted molar refractivity (Wildman–Crippen MR) is 147 cm³/mol. The molecule has 37 heavy (non-hydrogen) atoms. The van der Waals surface area contributed by atoms with Gasteiger partial charge in [-0.05, 0) is 84.0 Å². The summed E-state index contributed by atoms with van der Waals surface area (Å²) < 4.78 is 10.8. The van der Waals surface area contributed by atoms with Crippen LogP contribution in [0.2, 0.25) is 5.02 Å². The number of pyridine rings is 1. The van der Waals surface area contributed by atoms with Gasteiger partial charge in [0, 0.05) is 25.1 Å². The smallest absolute Gasteiger partial charge is 0.150 e. The van der Waals surface area contributed by atoms with Gasteiger partial charge in [-0.15, -0.1) is 0 Å². The molecule has 5 nitrogen and oxygen atoms in total. The van der Waals surface area contributed by atoms with Gasteiger partial charge in [0.15, 0.2) is 0 Å². The molecular formula is C31H29ClN2O3. The van der Waals surface area contributed by atoms with E-state index < -0.39 is 0 Å². The van der Waals surface area contributed by atoms with Gasteiger partial charge in [0.1, 0.15) is 24.7 Å². The third-order valence-corrected chi connectivity index (χ3v) is 6.35. The van der Waals surface area contributed by atoms with Gasteiger partial charge in [-0.25, -0.2) is 0 Å². The standard InChI is InChI=1S/C23H21ClO2.C8H8N2O/c1-15-6-4-8-20(16(15)2)21-9-5-7-19(17(21)3)14-26-23-11-10-18(13-25)12-22(23)24;1-11-6-8-2-7(3-9)4-10-5-8/h4-13H,14H2,1-3H3;2,4-5H,6H2,1H3. The van der Waals surface area contributed by atoms with Crippen molar-refractivity contribution in [2.24, 2.45) is 0 Å². The molecule has 0 aliphatic carbocycles. The monoisotopic (exact) mass is 512 g/mol. The summed E-state index contributed by atoms with van der Waals surface area (Å²) in [6.45, 7) is 7.33. The first kappa shape index (κ1) is 27.6. The fourth-order valence-corrected chi connectivity index (χ4v) is 4.08. The van der Waals surface area contributed by atoms with E-state index in [4.69, 9.17) is 26.3 Å². The molecule has 0 atom stereocenters. The molecule has 0 unspecified atom stereocenters. The number of rotatable bonds is 7. The number of hydrogen-bond donors (Lipinski definition) is 0. The summed E-state index contributed by atoms with van der Waals surface area (Å²) in [5.41, 5.74) is 9.38. The maximum absolute atomic E-state index is 10.8. The number of benzene rings is 3. The number of nitriles is 1. The summed E-state index contributed by atoms with van der Waals surface area (Å²) in [5.74, 6) is 0.578. The minimum Gasteiger partial charge on any atom is -0.487 e. The molecule has 0 aliphatic rings. The van der Waals surface area contributed by atoms with Crippen molar-refractivity contribution in [2.45, 2.75) is 34.0 Å². The van der Waals surface area contributed by atoms with Gasteiger partial charge in [-0.2, -0.15) is 5.26 Å². The van der Waals surface area contributed by atoms with E-state index in [2.05, 4.69) is 62.2 Å². The third-order valence-electron chi connectivity index (χ3n) is 6.05. The molecule has 0 spiro atoms. The summed E-state index contributed by atoms with van der Waals surface area (Å²) in [6, 6.07) is 21.5. The summed E-state index contributed by atoms with van der Waals surface area (Å²) in [4.78, 5) is 14.7. The van der Waals surface area contributed by atoms with Crippen LogP contribution in [0.15, 0.2) is 73.1 Å². The highest BCUT2D eigenvalue weighted by Crippen LogP contribution is 2.31. The Morgan fingerprint density at radius 3 is 2.35 bits per heavy atom. The number of aldehydes is 1. The predicted octanol–water partition coefficient (Wildman–Crippen LogP) is 7.42. The van der Waals surface area contributed by atoms with Gasteiger partial charge >= 0.3 is 0 Å². The number of methoxy groups -OCH3 is 1. The molecule has 0 saturated heterocycles. The van der Waals surface area contributed by atoms with Crippen LogP contribution in [0, 0.1) is 32.1 Å². The van der Waals surface area contributed by atoms with E-state index in [-0.39, 0.29) is 0 Å². The van der Waals surface area contributed by atoms with E-state index in [1.54, 1.807) is 37.6 Å². The molecule has 4 aromatic rings. The van der Waals surface area contributed by atoms with E-state index in [0.717, 1.165) is 17.4 Å². The topological polar surface area (TPSA) is 72.2 Å². The Labute approximate surface area is 223 Å². The molecule has 0 fully saturated rings. The molecule has 1 aromatic heterocycles. The Kier molecular flexibility index (Phi) is 9.97. The SMILES string of the molecule is COCc1cncc(C#N)c1.Cc1cccc(-c2cccc(COc3ccc(C=O)cc3Cl)c2C)c1C. The normalized spacial score (nSPS) is 10.2. The second-order valence-corrected chi connectivity index (χ2v) is 8.97. The van der Waals surface area contributed by atoms with Crippen LogP contribution in [0.25, 0.3) is 11.1 Å². The van der Waals surface area contributed by atoms with Crippen molar-refractivity contribution in [3.63, 3.8) is 0 Å². The van der Waals surface area contributed by atoms with Gasteiger partial charge in [0.05, 0.1) is 17.2 Å². The lowest BCUT2D eigenvalue weighted by Gasteiger charge is -2.16. The Bertz CT molecular complexity index is 1430. The molecule has 0 amide bonds. The Balaban J connectivity index is 0.000000289. The summed E-state index contributed by atoms with van der Waals surface area (Å²) in [7, 11) is 1.61. The Morgan fingerprint density at radius 2 is 1.68 bits per heavy atom. The highest BCUT2D eigenvalue weighted by Gasteiger charge is 2.11. The molecule has 188 valence electrons.